The van der Waals surface area contributed by atoms with E-state index in [9.17, 15) is 9.59 Å². The fourth-order valence-corrected chi connectivity index (χ4v) is 4.22. The van der Waals surface area contributed by atoms with Crippen LogP contribution in [0.2, 0.25) is 0 Å². The molecule has 4 heterocycles. The number of ether oxygens (including phenoxy) is 1. The molecular formula is C19H17N3O4. The molecule has 3 aliphatic rings. The summed E-state index contributed by atoms with van der Waals surface area (Å²) in [5, 5.41) is 6.84. The monoisotopic (exact) mass is 351 g/mol. The van der Waals surface area contributed by atoms with Crippen molar-refractivity contribution in [2.24, 2.45) is 11.8 Å². The number of anilines is 2. The summed E-state index contributed by atoms with van der Waals surface area (Å²) in [6.07, 6.45) is 3.42. The molecule has 0 saturated carbocycles. The SMILES string of the molecule is Cc1cc(N2C[C@]34C=CC(O3)C(C(=O)Nc3ccccc3)C4C2=O)no1. The maximum Gasteiger partial charge on any atom is 0.235 e. The van der Waals surface area contributed by atoms with Crippen molar-refractivity contribution in [3.05, 3.63) is 54.3 Å². The number of nitrogens with zero attached hydrogens (tertiary/aromatic N) is 2. The van der Waals surface area contributed by atoms with Crippen LogP contribution in [-0.2, 0) is 14.3 Å². The van der Waals surface area contributed by atoms with Crippen molar-refractivity contribution in [3.8, 4) is 0 Å². The van der Waals surface area contributed by atoms with E-state index in [4.69, 9.17) is 9.26 Å². The number of aromatic nitrogens is 1. The van der Waals surface area contributed by atoms with Crippen LogP contribution in [0, 0.1) is 18.8 Å². The zero-order chi connectivity index (χ0) is 17.9. The van der Waals surface area contributed by atoms with Crippen LogP contribution in [0.4, 0.5) is 11.5 Å². The molecule has 5 rings (SSSR count). The van der Waals surface area contributed by atoms with Gasteiger partial charge in [-0.3, -0.25) is 14.5 Å². The van der Waals surface area contributed by atoms with Gasteiger partial charge < -0.3 is 14.6 Å². The zero-order valence-corrected chi connectivity index (χ0v) is 14.1. The van der Waals surface area contributed by atoms with E-state index in [0.717, 1.165) is 0 Å². The summed E-state index contributed by atoms with van der Waals surface area (Å²) in [7, 11) is 0. The Morgan fingerprint density at radius 3 is 2.88 bits per heavy atom. The van der Waals surface area contributed by atoms with Gasteiger partial charge in [-0.25, -0.2) is 0 Å². The molecule has 7 heteroatoms. The van der Waals surface area contributed by atoms with Gasteiger partial charge in [-0.05, 0) is 19.1 Å². The second-order valence-electron chi connectivity index (χ2n) is 6.98. The number of para-hydroxylation sites is 1. The topological polar surface area (TPSA) is 84.7 Å². The van der Waals surface area contributed by atoms with Gasteiger partial charge in [0, 0.05) is 11.8 Å². The summed E-state index contributed by atoms with van der Waals surface area (Å²) >= 11 is 0. The number of fused-ring (bicyclic) bond motifs is 1. The second kappa shape index (κ2) is 5.28. The minimum Gasteiger partial charge on any atom is -0.360 e. The maximum absolute atomic E-state index is 13.1. The summed E-state index contributed by atoms with van der Waals surface area (Å²) in [5.74, 6) is -0.397. The first kappa shape index (κ1) is 15.3. The average molecular weight is 351 g/mol. The van der Waals surface area contributed by atoms with Crippen LogP contribution in [0.25, 0.3) is 0 Å². The van der Waals surface area contributed by atoms with Gasteiger partial charge in [0.25, 0.3) is 0 Å². The zero-order valence-electron chi connectivity index (χ0n) is 14.1. The molecule has 26 heavy (non-hydrogen) atoms. The molecule has 4 atom stereocenters. The number of nitrogens with one attached hydrogen (secondary N) is 1. The molecule has 1 N–H and O–H groups in total. The van der Waals surface area contributed by atoms with Crippen molar-refractivity contribution >= 4 is 23.3 Å². The highest BCUT2D eigenvalue weighted by molar-refractivity contribution is 6.05. The van der Waals surface area contributed by atoms with Gasteiger partial charge in [-0.2, -0.15) is 0 Å². The van der Waals surface area contributed by atoms with Crippen LogP contribution >= 0.6 is 0 Å². The molecule has 2 fully saturated rings. The number of hydrogen-bond acceptors (Lipinski definition) is 5. The smallest absolute Gasteiger partial charge is 0.235 e. The third-order valence-electron chi connectivity index (χ3n) is 5.34. The molecule has 2 saturated heterocycles. The minimum atomic E-state index is -0.771. The number of carbonyl (C=O) groups excluding carboxylic acids is 2. The summed E-state index contributed by atoms with van der Waals surface area (Å²) in [6, 6.07) is 10.9. The van der Waals surface area contributed by atoms with E-state index in [1.807, 2.05) is 42.5 Å². The first-order valence-corrected chi connectivity index (χ1v) is 8.55. The van der Waals surface area contributed by atoms with Gasteiger partial charge in [-0.15, -0.1) is 0 Å². The van der Waals surface area contributed by atoms with Crippen molar-refractivity contribution < 1.29 is 18.8 Å². The number of carbonyl (C=O) groups is 2. The van der Waals surface area contributed by atoms with E-state index in [2.05, 4.69) is 10.5 Å². The van der Waals surface area contributed by atoms with Crippen molar-refractivity contribution in [3.63, 3.8) is 0 Å². The van der Waals surface area contributed by atoms with E-state index in [1.165, 1.54) is 0 Å². The lowest BCUT2D eigenvalue weighted by Gasteiger charge is -2.23. The normalized spacial score (nSPS) is 31.5. The van der Waals surface area contributed by atoms with Crippen LogP contribution in [0.5, 0.6) is 0 Å². The first-order chi connectivity index (χ1) is 12.6. The van der Waals surface area contributed by atoms with Crippen LogP contribution in [-0.4, -0.2) is 35.2 Å². The highest BCUT2D eigenvalue weighted by atomic mass is 16.5. The molecular weight excluding hydrogens is 334 g/mol. The Labute approximate surface area is 149 Å². The summed E-state index contributed by atoms with van der Waals surface area (Å²) < 4.78 is 11.2. The molecule has 3 unspecified atom stereocenters. The standard InChI is InChI=1S/C19H17N3O4/c1-11-9-14(21-26-11)22-10-19-8-7-13(25-19)15(16(19)18(22)24)17(23)20-12-5-3-2-4-6-12/h2-9,13,15-16H,10H2,1H3,(H,20,23)/t13?,15?,16?,19-/m0/s1. The van der Waals surface area contributed by atoms with Crippen LogP contribution in [0.3, 0.4) is 0 Å². The van der Waals surface area contributed by atoms with Crippen molar-refractivity contribution in [2.45, 2.75) is 18.6 Å². The van der Waals surface area contributed by atoms with Gasteiger partial charge >= 0.3 is 0 Å². The molecule has 3 aliphatic heterocycles. The number of rotatable bonds is 3. The Morgan fingerprint density at radius 1 is 1.35 bits per heavy atom. The fraction of sp³-hybridized carbons (Fsp3) is 0.316. The average Bonchev–Trinajstić information content (AvgIpc) is 3.37. The van der Waals surface area contributed by atoms with Crippen molar-refractivity contribution in [1.82, 2.24) is 5.16 Å². The van der Waals surface area contributed by atoms with Crippen LogP contribution < -0.4 is 10.2 Å². The number of hydrogen-bond donors (Lipinski definition) is 1. The number of aryl methyl sites for hydroxylation is 1. The fourth-order valence-electron chi connectivity index (χ4n) is 4.22. The Morgan fingerprint density at radius 2 is 2.15 bits per heavy atom. The van der Waals surface area contributed by atoms with Gasteiger partial charge in [0.05, 0.1) is 24.5 Å². The lowest BCUT2D eigenvalue weighted by atomic mass is 9.77. The molecule has 2 aromatic rings. The van der Waals surface area contributed by atoms with E-state index >= 15 is 0 Å². The Bertz CT molecular complexity index is 922. The van der Waals surface area contributed by atoms with Gasteiger partial charge in [0.1, 0.15) is 11.4 Å². The lowest BCUT2D eigenvalue weighted by Crippen LogP contribution is -2.41. The summed E-state index contributed by atoms with van der Waals surface area (Å²) in [6.45, 7) is 2.11. The molecule has 0 aliphatic carbocycles. The quantitative estimate of drug-likeness (QED) is 0.854. The van der Waals surface area contributed by atoms with Crippen LogP contribution in [0.15, 0.2) is 53.1 Å². The van der Waals surface area contributed by atoms with Crippen LogP contribution in [0.1, 0.15) is 5.76 Å². The lowest BCUT2D eigenvalue weighted by molar-refractivity contribution is -0.128. The van der Waals surface area contributed by atoms with Crippen molar-refractivity contribution in [1.29, 1.82) is 0 Å². The third kappa shape index (κ3) is 2.07. The molecule has 2 amide bonds. The highest BCUT2D eigenvalue weighted by Crippen LogP contribution is 2.52. The third-order valence-corrected chi connectivity index (χ3v) is 5.34. The van der Waals surface area contributed by atoms with Gasteiger partial charge in [0.2, 0.25) is 11.8 Å². The minimum absolute atomic E-state index is 0.154. The van der Waals surface area contributed by atoms with E-state index < -0.39 is 17.4 Å². The Kier molecular flexibility index (Phi) is 3.12. The predicted molar refractivity (Wildman–Crippen MR) is 92.4 cm³/mol. The van der Waals surface area contributed by atoms with Gasteiger partial charge in [0.15, 0.2) is 5.82 Å². The maximum atomic E-state index is 13.1. The van der Waals surface area contributed by atoms with E-state index in [-0.39, 0.29) is 17.9 Å². The molecule has 2 bridgehead atoms. The predicted octanol–water partition coefficient (Wildman–Crippen LogP) is 1.91. The summed E-state index contributed by atoms with van der Waals surface area (Å²) in [4.78, 5) is 27.6. The van der Waals surface area contributed by atoms with Gasteiger partial charge in [-0.1, -0.05) is 35.5 Å². The highest BCUT2D eigenvalue weighted by Gasteiger charge is 2.67. The first-order valence-electron chi connectivity index (χ1n) is 8.55. The van der Waals surface area contributed by atoms with E-state index in [0.29, 0.717) is 23.8 Å². The molecule has 132 valence electrons. The van der Waals surface area contributed by atoms with E-state index in [1.54, 1.807) is 17.9 Å². The molecule has 1 aromatic carbocycles. The number of amides is 2. The molecule has 1 aromatic heterocycles. The molecule has 7 nitrogen and oxygen atoms in total. The Hall–Kier alpha value is -2.93. The molecule has 0 radical (unpaired) electrons. The second-order valence-corrected chi connectivity index (χ2v) is 6.98. The number of benzene rings is 1. The largest absolute Gasteiger partial charge is 0.360 e. The Balaban J connectivity index is 1.45. The van der Waals surface area contributed by atoms with Crippen molar-refractivity contribution in [2.75, 3.05) is 16.8 Å². The molecule has 1 spiro atoms. The summed E-state index contributed by atoms with van der Waals surface area (Å²) in [5.41, 5.74) is -0.0689.